The van der Waals surface area contributed by atoms with Crippen LogP contribution in [0.2, 0.25) is 0 Å². The van der Waals surface area contributed by atoms with E-state index in [4.69, 9.17) is 19.5 Å². The van der Waals surface area contributed by atoms with E-state index < -0.39 is 12.2 Å². The Hall–Kier alpha value is -3.37. The number of pyridine rings is 1. The molecule has 4 heterocycles. The van der Waals surface area contributed by atoms with Crippen molar-refractivity contribution in [2.45, 2.75) is 18.2 Å². The summed E-state index contributed by atoms with van der Waals surface area (Å²) in [6.45, 7) is 0.578. The van der Waals surface area contributed by atoms with Crippen LogP contribution in [-0.4, -0.2) is 66.3 Å². The number of amides is 2. The van der Waals surface area contributed by atoms with Gasteiger partial charge in [0.1, 0.15) is 25.0 Å². The standard InChI is InChI=1S/C20H19N3O7/c1-22-8-17(29-19(22)24)13-4-2-12(7-21-13)11-3-5-14-16(6-11)27-9-15-18(10-28-26)30-20(25)23(14)15/h2-7,15,17-18,26H,8-10H2,1H3/t15-,17?,18-/m0/s1. The summed E-state index contributed by atoms with van der Waals surface area (Å²) >= 11 is 0. The third kappa shape index (κ3) is 3.01. The summed E-state index contributed by atoms with van der Waals surface area (Å²) in [7, 11) is 1.68. The normalized spacial score (nSPS) is 24.8. The van der Waals surface area contributed by atoms with E-state index >= 15 is 0 Å². The molecule has 3 aliphatic heterocycles. The molecule has 0 bridgehead atoms. The number of carbonyl (C=O) groups excluding carboxylic acids is 2. The molecule has 30 heavy (non-hydrogen) atoms. The van der Waals surface area contributed by atoms with Crippen LogP contribution in [0, 0.1) is 0 Å². The molecule has 2 saturated heterocycles. The summed E-state index contributed by atoms with van der Waals surface area (Å²) in [6, 6.07) is 8.88. The van der Waals surface area contributed by atoms with Gasteiger partial charge in [0.2, 0.25) is 0 Å². The van der Waals surface area contributed by atoms with Gasteiger partial charge in [-0.05, 0) is 23.8 Å². The van der Waals surface area contributed by atoms with Crippen LogP contribution in [0.3, 0.4) is 0 Å². The number of ether oxygens (including phenoxy) is 3. The first-order valence-electron chi connectivity index (χ1n) is 9.46. The number of fused-ring (bicyclic) bond motifs is 3. The molecule has 0 saturated carbocycles. The zero-order chi connectivity index (χ0) is 20.8. The van der Waals surface area contributed by atoms with Gasteiger partial charge in [0, 0.05) is 18.8 Å². The van der Waals surface area contributed by atoms with Crippen LogP contribution in [0.25, 0.3) is 11.1 Å². The number of anilines is 1. The van der Waals surface area contributed by atoms with E-state index in [1.807, 2.05) is 24.3 Å². The van der Waals surface area contributed by atoms with Gasteiger partial charge in [-0.25, -0.2) is 14.5 Å². The molecule has 1 unspecified atom stereocenters. The van der Waals surface area contributed by atoms with Gasteiger partial charge in [-0.2, -0.15) is 0 Å². The number of likely N-dealkylation sites (N-methyl/N-ethyl adjacent to an activating group) is 1. The summed E-state index contributed by atoms with van der Waals surface area (Å²) in [5.41, 5.74) is 3.02. The fraction of sp³-hybridized carbons (Fsp3) is 0.350. The van der Waals surface area contributed by atoms with E-state index in [1.54, 1.807) is 19.3 Å². The average Bonchev–Trinajstić information content (AvgIpc) is 3.27. The van der Waals surface area contributed by atoms with Crippen molar-refractivity contribution in [3.8, 4) is 16.9 Å². The van der Waals surface area contributed by atoms with Crippen molar-refractivity contribution in [1.29, 1.82) is 0 Å². The molecule has 10 nitrogen and oxygen atoms in total. The lowest BCUT2D eigenvalue weighted by Crippen LogP contribution is -2.45. The van der Waals surface area contributed by atoms with Crippen molar-refractivity contribution in [1.82, 2.24) is 9.88 Å². The fourth-order valence-electron chi connectivity index (χ4n) is 3.92. The molecule has 2 amide bonds. The Morgan fingerprint density at radius 1 is 1.17 bits per heavy atom. The number of aromatic nitrogens is 1. The molecule has 3 aliphatic rings. The molecule has 1 aromatic heterocycles. The van der Waals surface area contributed by atoms with Crippen LogP contribution < -0.4 is 9.64 Å². The Balaban J connectivity index is 1.38. The highest BCUT2D eigenvalue weighted by Crippen LogP contribution is 2.41. The van der Waals surface area contributed by atoms with E-state index in [0.717, 1.165) is 11.1 Å². The highest BCUT2D eigenvalue weighted by Gasteiger charge is 2.46. The molecule has 5 rings (SSSR count). The van der Waals surface area contributed by atoms with E-state index in [2.05, 4.69) is 9.87 Å². The third-order valence-electron chi connectivity index (χ3n) is 5.52. The molecular formula is C20H19N3O7. The number of rotatable bonds is 4. The van der Waals surface area contributed by atoms with Crippen molar-refractivity contribution < 1.29 is 33.9 Å². The lowest BCUT2D eigenvalue weighted by atomic mass is 10.0. The summed E-state index contributed by atoms with van der Waals surface area (Å²) in [5.74, 6) is 0.557. The second-order valence-corrected chi connectivity index (χ2v) is 7.37. The first-order valence-corrected chi connectivity index (χ1v) is 9.46. The monoisotopic (exact) mass is 413 g/mol. The van der Waals surface area contributed by atoms with Gasteiger partial charge in [-0.1, -0.05) is 12.1 Å². The second-order valence-electron chi connectivity index (χ2n) is 7.37. The highest BCUT2D eigenvalue weighted by atomic mass is 17.1. The molecule has 10 heteroatoms. The fourth-order valence-corrected chi connectivity index (χ4v) is 3.92. The van der Waals surface area contributed by atoms with E-state index in [0.29, 0.717) is 23.7 Å². The van der Waals surface area contributed by atoms with Gasteiger partial charge in [-0.15, -0.1) is 0 Å². The van der Waals surface area contributed by atoms with Crippen LogP contribution in [0.4, 0.5) is 15.3 Å². The Morgan fingerprint density at radius 3 is 2.70 bits per heavy atom. The predicted molar refractivity (Wildman–Crippen MR) is 102 cm³/mol. The minimum absolute atomic E-state index is 0.117. The summed E-state index contributed by atoms with van der Waals surface area (Å²) in [5, 5.41) is 8.69. The molecule has 2 fully saturated rings. The topological polar surface area (TPSA) is 111 Å². The van der Waals surface area contributed by atoms with Gasteiger partial charge < -0.3 is 19.1 Å². The Kier molecular flexibility index (Phi) is 4.44. The SMILES string of the molecule is CN1CC(c2ccc(-c3ccc4c(c3)OC[C@H]3[C@H](COO)OC(=O)N43)cn2)OC1=O. The zero-order valence-corrected chi connectivity index (χ0v) is 16.1. The molecule has 1 aromatic carbocycles. The molecule has 2 aromatic rings. The quantitative estimate of drug-likeness (QED) is 0.601. The van der Waals surface area contributed by atoms with Crippen LogP contribution in [0.15, 0.2) is 36.5 Å². The highest BCUT2D eigenvalue weighted by molar-refractivity contribution is 5.94. The molecule has 0 spiro atoms. The number of carbonyl (C=O) groups is 2. The summed E-state index contributed by atoms with van der Waals surface area (Å²) in [6.07, 6.45) is -0.119. The predicted octanol–water partition coefficient (Wildman–Crippen LogP) is 2.45. The van der Waals surface area contributed by atoms with Gasteiger partial charge >= 0.3 is 12.2 Å². The van der Waals surface area contributed by atoms with Crippen LogP contribution in [0.1, 0.15) is 11.8 Å². The Morgan fingerprint density at radius 2 is 2.00 bits per heavy atom. The molecule has 3 atom stereocenters. The first kappa shape index (κ1) is 18.6. The lowest BCUT2D eigenvalue weighted by Gasteiger charge is -2.31. The van der Waals surface area contributed by atoms with E-state index in [9.17, 15) is 9.59 Å². The largest absolute Gasteiger partial charge is 0.489 e. The lowest BCUT2D eigenvalue weighted by molar-refractivity contribution is -0.255. The Bertz CT molecular complexity index is 996. The van der Waals surface area contributed by atoms with E-state index in [1.165, 1.54) is 9.80 Å². The van der Waals surface area contributed by atoms with E-state index in [-0.39, 0.29) is 31.5 Å². The summed E-state index contributed by atoms with van der Waals surface area (Å²) in [4.78, 5) is 35.5. The number of hydrogen-bond donors (Lipinski definition) is 1. The van der Waals surface area contributed by atoms with Gasteiger partial charge in [0.15, 0.2) is 12.2 Å². The summed E-state index contributed by atoms with van der Waals surface area (Å²) < 4.78 is 16.4. The smallest absolute Gasteiger partial charge is 0.415 e. The van der Waals surface area contributed by atoms with Crippen molar-refractivity contribution in [3.05, 3.63) is 42.2 Å². The number of cyclic esters (lactones) is 2. The van der Waals surface area contributed by atoms with Crippen LogP contribution >= 0.6 is 0 Å². The molecular weight excluding hydrogens is 394 g/mol. The van der Waals surface area contributed by atoms with Gasteiger partial charge in [-0.3, -0.25) is 15.1 Å². The van der Waals surface area contributed by atoms with Crippen molar-refractivity contribution >= 4 is 17.9 Å². The average molecular weight is 413 g/mol. The number of hydrogen-bond acceptors (Lipinski definition) is 8. The van der Waals surface area contributed by atoms with Crippen LogP contribution in [-0.2, 0) is 14.4 Å². The number of benzene rings is 1. The van der Waals surface area contributed by atoms with Crippen molar-refractivity contribution in [3.63, 3.8) is 0 Å². The van der Waals surface area contributed by atoms with Crippen LogP contribution in [0.5, 0.6) is 5.75 Å². The minimum Gasteiger partial charge on any atom is -0.489 e. The van der Waals surface area contributed by atoms with Gasteiger partial charge in [0.05, 0.1) is 17.9 Å². The van der Waals surface area contributed by atoms with Crippen molar-refractivity contribution in [2.75, 3.05) is 31.7 Å². The maximum atomic E-state index is 12.3. The Labute approximate surface area is 171 Å². The first-order chi connectivity index (χ1) is 14.5. The molecule has 0 aliphatic carbocycles. The maximum absolute atomic E-state index is 12.3. The van der Waals surface area contributed by atoms with Crippen molar-refractivity contribution in [2.24, 2.45) is 0 Å². The molecule has 1 N–H and O–H groups in total. The maximum Gasteiger partial charge on any atom is 0.415 e. The molecule has 0 radical (unpaired) electrons. The third-order valence-corrected chi connectivity index (χ3v) is 5.52. The minimum atomic E-state index is -0.601. The molecule has 156 valence electrons. The zero-order valence-electron chi connectivity index (χ0n) is 16.1. The number of nitrogens with zero attached hydrogens (tertiary/aromatic N) is 3. The van der Waals surface area contributed by atoms with Gasteiger partial charge in [0.25, 0.3) is 0 Å². The second kappa shape index (κ2) is 7.15.